The topological polar surface area (TPSA) is 168 Å². The maximum Gasteiger partial charge on any atom is 0.338 e. The van der Waals surface area contributed by atoms with Gasteiger partial charge in [0, 0.05) is 24.3 Å². The fourth-order valence-electron chi connectivity index (χ4n) is 2.85. The van der Waals surface area contributed by atoms with Gasteiger partial charge in [0.15, 0.2) is 18.6 Å². The Bertz CT molecular complexity index is 1030. The summed E-state index contributed by atoms with van der Waals surface area (Å²) in [5.41, 5.74) is -0.626. The van der Waals surface area contributed by atoms with E-state index < -0.39 is 53.1 Å². The molecule has 12 nitrogen and oxygen atoms in total. The van der Waals surface area contributed by atoms with Crippen molar-refractivity contribution in [3.05, 3.63) is 79.9 Å². The van der Waals surface area contributed by atoms with Crippen molar-refractivity contribution in [2.75, 3.05) is 6.61 Å². The molecule has 0 aliphatic carbocycles. The van der Waals surface area contributed by atoms with Crippen molar-refractivity contribution in [2.45, 2.75) is 24.7 Å². The molecule has 2 unspecified atom stereocenters. The first-order valence-electron chi connectivity index (χ1n) is 9.02. The van der Waals surface area contributed by atoms with Gasteiger partial charge in [-0.2, -0.15) is 0 Å². The first-order valence-corrected chi connectivity index (χ1v) is 9.02. The predicted molar refractivity (Wildman–Crippen MR) is 101 cm³/mol. The van der Waals surface area contributed by atoms with E-state index in [1.807, 2.05) is 0 Å². The Balaban J connectivity index is 1.63. The van der Waals surface area contributed by atoms with Crippen LogP contribution >= 0.6 is 0 Å². The van der Waals surface area contributed by atoms with Gasteiger partial charge in [-0.15, -0.1) is 0 Å². The number of rotatable bonds is 7. The summed E-state index contributed by atoms with van der Waals surface area (Å²) in [6.45, 7) is -0.592. The minimum atomic E-state index is -2.14. The Kier molecular flexibility index (Phi) is 6.70. The molecule has 0 radical (unpaired) electrons. The lowest BCUT2D eigenvalue weighted by Gasteiger charge is -2.19. The van der Waals surface area contributed by atoms with Crippen LogP contribution in [0.5, 0.6) is 0 Å². The zero-order valence-electron chi connectivity index (χ0n) is 16.0. The van der Waals surface area contributed by atoms with Gasteiger partial charge in [0.25, 0.3) is 11.4 Å². The Morgan fingerprint density at radius 2 is 1.41 bits per heavy atom. The van der Waals surface area contributed by atoms with E-state index in [2.05, 4.69) is 0 Å². The highest BCUT2D eigenvalue weighted by molar-refractivity contribution is 5.90. The summed E-state index contributed by atoms with van der Waals surface area (Å²) in [7, 11) is 0. The van der Waals surface area contributed by atoms with Crippen molar-refractivity contribution in [3.8, 4) is 0 Å². The number of carbonyl (C=O) groups is 2. The van der Waals surface area contributed by atoms with Crippen molar-refractivity contribution in [1.82, 2.24) is 0 Å². The van der Waals surface area contributed by atoms with Crippen LogP contribution in [-0.4, -0.2) is 58.2 Å². The molecule has 0 aromatic heterocycles. The molecule has 1 heterocycles. The zero-order valence-corrected chi connectivity index (χ0v) is 16.0. The molecule has 0 amide bonds. The molecule has 13 heteroatoms. The largest absolute Gasteiger partial charge is 0.459 e. The van der Waals surface area contributed by atoms with Gasteiger partial charge in [-0.05, 0) is 24.3 Å². The van der Waals surface area contributed by atoms with E-state index in [-0.39, 0.29) is 22.5 Å². The number of aliphatic hydroxyl groups is 1. The van der Waals surface area contributed by atoms with Gasteiger partial charge >= 0.3 is 11.9 Å². The molecule has 1 aliphatic heterocycles. The number of ether oxygens (including phenoxy) is 3. The number of esters is 2. The highest BCUT2D eigenvalue weighted by Gasteiger charge is 2.47. The number of nitro groups is 2. The number of halogens is 1. The van der Waals surface area contributed by atoms with Crippen molar-refractivity contribution < 1.29 is 43.1 Å². The molecule has 2 aromatic carbocycles. The molecule has 0 bridgehead atoms. The van der Waals surface area contributed by atoms with Crippen molar-refractivity contribution >= 4 is 23.3 Å². The van der Waals surface area contributed by atoms with E-state index in [9.17, 15) is 39.3 Å². The maximum atomic E-state index is 14.3. The number of hydrogen-bond donors (Lipinski definition) is 1. The molecule has 0 spiro atoms. The highest BCUT2D eigenvalue weighted by Crippen LogP contribution is 2.27. The lowest BCUT2D eigenvalue weighted by Crippen LogP contribution is -2.37. The Hall–Kier alpha value is -3.97. The number of hydrogen-bond acceptors (Lipinski definition) is 10. The Labute approximate surface area is 178 Å². The zero-order chi connectivity index (χ0) is 23.4. The first-order chi connectivity index (χ1) is 15.2. The minimum Gasteiger partial charge on any atom is -0.459 e. The average molecular weight is 450 g/mol. The Morgan fingerprint density at radius 3 is 1.88 bits per heavy atom. The SMILES string of the molecule is O=C(OCC1OC(O)[C@@H](F)[C@@H]1OC(=O)c1ccc([N+](=O)[O-])cc1)c1ccc([N+](=O)[O-])cc1. The van der Waals surface area contributed by atoms with Crippen LogP contribution in [-0.2, 0) is 14.2 Å². The predicted octanol–water partition coefficient (Wildman–Crippen LogP) is 1.94. The van der Waals surface area contributed by atoms with Gasteiger partial charge in [0.05, 0.1) is 21.0 Å². The minimum absolute atomic E-state index is 0.0228. The van der Waals surface area contributed by atoms with Gasteiger partial charge in [-0.3, -0.25) is 20.2 Å². The van der Waals surface area contributed by atoms with Crippen LogP contribution in [0.2, 0.25) is 0 Å². The van der Waals surface area contributed by atoms with Gasteiger partial charge < -0.3 is 19.3 Å². The van der Waals surface area contributed by atoms with Crippen LogP contribution in [0.15, 0.2) is 48.5 Å². The van der Waals surface area contributed by atoms with E-state index in [0.717, 1.165) is 48.5 Å². The van der Waals surface area contributed by atoms with Crippen LogP contribution in [0, 0.1) is 20.2 Å². The second-order valence-corrected chi connectivity index (χ2v) is 6.59. The summed E-state index contributed by atoms with van der Waals surface area (Å²) in [4.78, 5) is 44.4. The summed E-state index contributed by atoms with van der Waals surface area (Å²) in [5, 5.41) is 31.0. The molecule has 3 rings (SSSR count). The number of nitro benzene ring substituents is 2. The van der Waals surface area contributed by atoms with Gasteiger partial charge in [-0.1, -0.05) is 0 Å². The maximum absolute atomic E-state index is 14.3. The molecule has 2 aromatic rings. The standard InChI is InChI=1S/C19H15FN2O10/c20-15-16(32-18(24)11-3-7-13(8-4-11)22(28)29)14(31-19(15)25)9-30-17(23)10-1-5-12(6-2-10)21(26)27/h1-8,14-16,19,25H,9H2/t14?,15-,16+,19?/m0/s1. The van der Waals surface area contributed by atoms with Gasteiger partial charge in [-0.25, -0.2) is 14.0 Å². The molecule has 1 fully saturated rings. The summed E-state index contributed by atoms with van der Waals surface area (Å²) in [5.74, 6) is -1.93. The van der Waals surface area contributed by atoms with Crippen molar-refractivity contribution in [3.63, 3.8) is 0 Å². The smallest absolute Gasteiger partial charge is 0.338 e. The first kappa shape index (κ1) is 22.7. The Morgan fingerprint density at radius 1 is 0.938 bits per heavy atom. The van der Waals surface area contributed by atoms with E-state index in [0.29, 0.717) is 0 Å². The lowest BCUT2D eigenvalue weighted by molar-refractivity contribution is -0.385. The molecule has 168 valence electrons. The lowest BCUT2D eigenvalue weighted by atomic mass is 10.1. The average Bonchev–Trinajstić information content (AvgIpc) is 3.05. The summed E-state index contributed by atoms with van der Waals surface area (Å²) < 4.78 is 29.3. The van der Waals surface area contributed by atoms with Crippen LogP contribution in [0.25, 0.3) is 0 Å². The van der Waals surface area contributed by atoms with Crippen LogP contribution in [0.4, 0.5) is 15.8 Å². The number of non-ortho nitro benzene ring substituents is 2. The van der Waals surface area contributed by atoms with E-state index >= 15 is 0 Å². The normalized spacial score (nSPS) is 22.2. The second-order valence-electron chi connectivity index (χ2n) is 6.59. The molecular formula is C19H15FN2O10. The van der Waals surface area contributed by atoms with Crippen LogP contribution in [0.1, 0.15) is 20.7 Å². The summed E-state index contributed by atoms with van der Waals surface area (Å²) >= 11 is 0. The van der Waals surface area contributed by atoms with Crippen molar-refractivity contribution in [1.29, 1.82) is 0 Å². The third-order valence-electron chi connectivity index (χ3n) is 4.52. The number of aliphatic hydroxyl groups excluding tert-OH is 1. The second kappa shape index (κ2) is 9.45. The molecule has 32 heavy (non-hydrogen) atoms. The van der Waals surface area contributed by atoms with Crippen LogP contribution in [0.3, 0.4) is 0 Å². The van der Waals surface area contributed by atoms with E-state index in [1.54, 1.807) is 0 Å². The van der Waals surface area contributed by atoms with E-state index in [4.69, 9.17) is 14.2 Å². The summed E-state index contributed by atoms with van der Waals surface area (Å²) in [6.07, 6.45) is -7.05. The molecule has 1 aliphatic rings. The molecule has 1 saturated heterocycles. The summed E-state index contributed by atoms with van der Waals surface area (Å²) in [6, 6.07) is 8.87. The number of benzene rings is 2. The fraction of sp³-hybridized carbons (Fsp3) is 0.263. The number of carbonyl (C=O) groups excluding carboxylic acids is 2. The molecule has 0 saturated carbocycles. The monoisotopic (exact) mass is 450 g/mol. The quantitative estimate of drug-likeness (QED) is 0.374. The highest BCUT2D eigenvalue weighted by atomic mass is 19.1. The molecular weight excluding hydrogens is 435 g/mol. The van der Waals surface area contributed by atoms with Crippen molar-refractivity contribution in [2.24, 2.45) is 0 Å². The van der Waals surface area contributed by atoms with E-state index in [1.165, 1.54) is 0 Å². The number of nitrogens with zero attached hydrogens (tertiary/aromatic N) is 2. The molecule has 4 atom stereocenters. The van der Waals surface area contributed by atoms with Gasteiger partial charge in [0.1, 0.15) is 12.7 Å². The fourth-order valence-corrected chi connectivity index (χ4v) is 2.85. The molecule has 1 N–H and O–H groups in total. The third-order valence-corrected chi connectivity index (χ3v) is 4.52. The van der Waals surface area contributed by atoms with Crippen LogP contribution < -0.4 is 0 Å². The number of alkyl halides is 1. The third kappa shape index (κ3) is 5.01. The van der Waals surface area contributed by atoms with Gasteiger partial charge in [0.2, 0.25) is 0 Å².